The van der Waals surface area contributed by atoms with Gasteiger partial charge in [-0.15, -0.1) is 0 Å². The van der Waals surface area contributed by atoms with Gasteiger partial charge in [0.15, 0.2) is 5.69 Å². The van der Waals surface area contributed by atoms with E-state index in [-0.39, 0.29) is 42.1 Å². The molecule has 2 amide bonds. The standard InChI is InChI=1S/C17H15F3N4O2.C11H22N2O.CH2O/c1-2-7-23-8-6-12-13(16(23)26)24(22-14(12)17(18,19)20)11-5-3-4-10(9-11)15(21)25;1-4-6-11(2)13(3)9-8-12-7-5-10-14;1-2/h2-5,7,9H,6,8H2,1H3,(H2,21,25);4,6,12,14H,2,5,7-10H2,1,3H3;1H2/b7-2+;6-4-;. The number of benzene rings is 1. The number of amides is 2. The van der Waals surface area contributed by atoms with E-state index in [0.717, 1.165) is 36.4 Å². The van der Waals surface area contributed by atoms with E-state index in [9.17, 15) is 22.8 Å². The van der Waals surface area contributed by atoms with E-state index in [4.69, 9.17) is 15.6 Å². The second-order valence-corrected chi connectivity index (χ2v) is 8.97. The third-order valence-corrected chi connectivity index (χ3v) is 6.01. The van der Waals surface area contributed by atoms with Gasteiger partial charge in [0.05, 0.1) is 5.69 Å². The summed E-state index contributed by atoms with van der Waals surface area (Å²) in [7, 11) is 2.02. The van der Waals surface area contributed by atoms with Crippen LogP contribution in [0.2, 0.25) is 0 Å². The van der Waals surface area contributed by atoms with Crippen LogP contribution in [0.25, 0.3) is 5.69 Å². The molecule has 230 valence electrons. The summed E-state index contributed by atoms with van der Waals surface area (Å²) in [6.07, 6.45) is 3.26. The van der Waals surface area contributed by atoms with Crippen molar-refractivity contribution < 1.29 is 32.7 Å². The van der Waals surface area contributed by atoms with Crippen molar-refractivity contribution in [1.82, 2.24) is 24.9 Å². The van der Waals surface area contributed by atoms with Crippen molar-refractivity contribution in [2.24, 2.45) is 5.73 Å². The highest BCUT2D eigenvalue weighted by Crippen LogP contribution is 2.36. The van der Waals surface area contributed by atoms with Gasteiger partial charge in [0.25, 0.3) is 5.91 Å². The molecule has 0 saturated heterocycles. The zero-order valence-electron chi connectivity index (χ0n) is 24.2. The Morgan fingerprint density at radius 3 is 2.50 bits per heavy atom. The van der Waals surface area contributed by atoms with Gasteiger partial charge in [-0.05, 0) is 57.5 Å². The Morgan fingerprint density at radius 1 is 1.24 bits per heavy atom. The zero-order valence-corrected chi connectivity index (χ0v) is 24.2. The summed E-state index contributed by atoms with van der Waals surface area (Å²) >= 11 is 0. The Balaban J connectivity index is 0.000000470. The third kappa shape index (κ3) is 10.00. The molecule has 0 saturated carbocycles. The Bertz CT molecular complexity index is 1260. The zero-order chi connectivity index (χ0) is 31.9. The monoisotopic (exact) mass is 592 g/mol. The maximum Gasteiger partial charge on any atom is 0.435 e. The molecular formula is C29H39F3N6O4. The molecule has 1 aliphatic rings. The number of rotatable bonds is 11. The van der Waals surface area contributed by atoms with Crippen molar-refractivity contribution in [2.75, 3.05) is 39.8 Å². The second-order valence-electron chi connectivity index (χ2n) is 8.97. The number of aliphatic hydroxyl groups excluding tert-OH is 1. The molecule has 13 heteroatoms. The molecule has 2 heterocycles. The number of allylic oxidation sites excluding steroid dienone is 3. The first-order valence-corrected chi connectivity index (χ1v) is 13.1. The average Bonchev–Trinajstić information content (AvgIpc) is 3.37. The van der Waals surface area contributed by atoms with Crippen LogP contribution in [0.5, 0.6) is 0 Å². The number of carbonyl (C=O) groups is 3. The van der Waals surface area contributed by atoms with Crippen LogP contribution in [0.3, 0.4) is 0 Å². The number of primary amides is 1. The third-order valence-electron chi connectivity index (χ3n) is 6.01. The molecule has 0 bridgehead atoms. The number of halogens is 3. The van der Waals surface area contributed by atoms with Crippen molar-refractivity contribution in [3.05, 3.63) is 83.5 Å². The number of hydrogen-bond donors (Lipinski definition) is 3. The van der Waals surface area contributed by atoms with Crippen LogP contribution in [0, 0.1) is 0 Å². The molecule has 1 aliphatic heterocycles. The van der Waals surface area contributed by atoms with Gasteiger partial charge in [-0.25, -0.2) is 4.68 Å². The minimum absolute atomic E-state index is 0.0236. The Labute approximate surface area is 244 Å². The summed E-state index contributed by atoms with van der Waals surface area (Å²) in [6.45, 7) is 12.7. The number of carbonyl (C=O) groups excluding carboxylic acids is 3. The number of nitrogens with zero attached hydrogens (tertiary/aromatic N) is 4. The van der Waals surface area contributed by atoms with Crippen molar-refractivity contribution in [1.29, 1.82) is 0 Å². The molecular weight excluding hydrogens is 553 g/mol. The first kappa shape index (κ1) is 35.8. The predicted molar refractivity (Wildman–Crippen MR) is 155 cm³/mol. The van der Waals surface area contributed by atoms with Crippen molar-refractivity contribution in [3.63, 3.8) is 0 Å². The number of nitrogens with one attached hydrogen (secondary N) is 1. The van der Waals surface area contributed by atoms with Crippen LogP contribution in [-0.4, -0.2) is 83.1 Å². The Kier molecular flexibility index (Phi) is 15.0. The Morgan fingerprint density at radius 2 is 1.93 bits per heavy atom. The minimum atomic E-state index is -4.69. The van der Waals surface area contributed by atoms with Crippen molar-refractivity contribution in [3.8, 4) is 5.69 Å². The average molecular weight is 593 g/mol. The maximum atomic E-state index is 13.4. The number of alkyl halides is 3. The fraction of sp³-hybridized carbons (Fsp3) is 0.379. The lowest BCUT2D eigenvalue weighted by molar-refractivity contribution is -0.142. The molecule has 0 aliphatic carbocycles. The van der Waals surface area contributed by atoms with Crippen LogP contribution in [0.15, 0.2) is 61.0 Å². The topological polar surface area (TPSA) is 134 Å². The van der Waals surface area contributed by atoms with E-state index in [1.807, 2.05) is 32.9 Å². The number of hydrogen-bond acceptors (Lipinski definition) is 7. The number of fused-ring (bicyclic) bond motifs is 1. The molecule has 0 spiro atoms. The highest BCUT2D eigenvalue weighted by atomic mass is 19.4. The molecule has 0 fully saturated rings. The molecule has 1 aromatic heterocycles. The molecule has 2 aromatic rings. The van der Waals surface area contributed by atoms with Crippen molar-refractivity contribution in [2.45, 2.75) is 32.9 Å². The number of likely N-dealkylation sites (N-methyl/N-ethyl adjacent to an activating group) is 1. The van der Waals surface area contributed by atoms with Gasteiger partial charge < -0.3 is 30.8 Å². The minimum Gasteiger partial charge on any atom is -0.396 e. The fourth-order valence-corrected chi connectivity index (χ4v) is 3.94. The van der Waals surface area contributed by atoms with E-state index in [2.05, 4.69) is 21.9 Å². The smallest absolute Gasteiger partial charge is 0.396 e. The van der Waals surface area contributed by atoms with E-state index >= 15 is 0 Å². The van der Waals surface area contributed by atoms with Crippen molar-refractivity contribution >= 4 is 18.6 Å². The summed E-state index contributed by atoms with van der Waals surface area (Å²) in [5.74, 6) is -1.32. The maximum absolute atomic E-state index is 13.4. The summed E-state index contributed by atoms with van der Waals surface area (Å²) in [5.41, 5.74) is 5.11. The molecule has 0 atom stereocenters. The highest BCUT2D eigenvalue weighted by molar-refractivity contribution is 5.97. The van der Waals surface area contributed by atoms with Crippen LogP contribution in [-0.2, 0) is 17.4 Å². The molecule has 1 aromatic carbocycles. The quantitative estimate of drug-likeness (QED) is 0.269. The molecule has 0 radical (unpaired) electrons. The van der Waals surface area contributed by atoms with Crippen LogP contribution in [0.1, 0.15) is 52.4 Å². The van der Waals surface area contributed by atoms with Gasteiger partial charge in [-0.2, -0.15) is 18.3 Å². The highest BCUT2D eigenvalue weighted by Gasteiger charge is 2.42. The van der Waals surface area contributed by atoms with Crippen LogP contribution >= 0.6 is 0 Å². The van der Waals surface area contributed by atoms with Gasteiger partial charge in [-0.1, -0.05) is 24.8 Å². The van der Waals surface area contributed by atoms with E-state index in [1.54, 1.807) is 13.0 Å². The normalized spacial score (nSPS) is 12.8. The lowest BCUT2D eigenvalue weighted by atomic mass is 10.0. The summed E-state index contributed by atoms with van der Waals surface area (Å²) in [5, 5.41) is 15.5. The second kappa shape index (κ2) is 17.6. The lowest BCUT2D eigenvalue weighted by Crippen LogP contribution is -2.35. The van der Waals surface area contributed by atoms with Gasteiger partial charge >= 0.3 is 6.18 Å². The Hall–Kier alpha value is -4.23. The van der Waals surface area contributed by atoms with E-state index < -0.39 is 23.7 Å². The first-order valence-electron chi connectivity index (χ1n) is 13.1. The summed E-state index contributed by atoms with van der Waals surface area (Å²) in [6, 6.07) is 5.66. The largest absolute Gasteiger partial charge is 0.435 e. The summed E-state index contributed by atoms with van der Waals surface area (Å²) < 4.78 is 41.1. The summed E-state index contributed by atoms with van der Waals surface area (Å²) in [4.78, 5) is 35.5. The molecule has 4 N–H and O–H groups in total. The predicted octanol–water partition coefficient (Wildman–Crippen LogP) is 3.32. The molecule has 3 rings (SSSR count). The fourth-order valence-electron chi connectivity index (χ4n) is 3.94. The number of nitrogens with two attached hydrogens (primary N) is 1. The van der Waals surface area contributed by atoms with Crippen LogP contribution in [0.4, 0.5) is 13.2 Å². The van der Waals surface area contributed by atoms with E-state index in [0.29, 0.717) is 0 Å². The van der Waals surface area contributed by atoms with Gasteiger partial charge in [0.1, 0.15) is 12.5 Å². The van der Waals surface area contributed by atoms with Gasteiger partial charge in [-0.3, -0.25) is 9.59 Å². The number of aromatic nitrogens is 2. The van der Waals surface area contributed by atoms with Gasteiger partial charge in [0.2, 0.25) is 5.91 Å². The first-order chi connectivity index (χ1) is 20.0. The lowest BCUT2D eigenvalue weighted by Gasteiger charge is -2.24. The van der Waals surface area contributed by atoms with Crippen LogP contribution < -0.4 is 11.1 Å². The van der Waals surface area contributed by atoms with Gasteiger partial charge in [0, 0.05) is 56.3 Å². The van der Waals surface area contributed by atoms with E-state index in [1.165, 1.54) is 35.4 Å². The number of aliphatic hydroxyl groups is 1. The molecule has 10 nitrogen and oxygen atoms in total. The molecule has 42 heavy (non-hydrogen) atoms. The SMILES string of the molecule is C/C=C/N1CCc2c(C(F)(F)F)nn(-c3cccc(C(N)=O)c3)c2C1=O.C=C(/C=C\C)N(C)CCNCCCO.C=O. The molecule has 0 unspecified atom stereocenters.